The van der Waals surface area contributed by atoms with E-state index in [9.17, 15) is 0 Å². The summed E-state index contributed by atoms with van der Waals surface area (Å²) < 4.78 is 0. The molecule has 2 heterocycles. The summed E-state index contributed by atoms with van der Waals surface area (Å²) in [5, 5.41) is 11.3. The van der Waals surface area contributed by atoms with Crippen molar-refractivity contribution >= 4 is 36.2 Å². The summed E-state index contributed by atoms with van der Waals surface area (Å²) in [6.07, 6.45) is 5.25. The predicted molar refractivity (Wildman–Crippen MR) is 100.0 cm³/mol. The van der Waals surface area contributed by atoms with Gasteiger partial charge >= 0.3 is 0 Å². The van der Waals surface area contributed by atoms with Crippen LogP contribution in [-0.2, 0) is 0 Å². The molecular formula is C16H18Cl2N6. The lowest BCUT2D eigenvalue weighted by molar-refractivity contribution is 0.467. The third-order valence-electron chi connectivity index (χ3n) is 3.22. The Morgan fingerprint density at radius 1 is 0.958 bits per heavy atom. The van der Waals surface area contributed by atoms with Gasteiger partial charge in [0.05, 0.1) is 5.82 Å². The van der Waals surface area contributed by atoms with Crippen LogP contribution >= 0.6 is 24.8 Å². The van der Waals surface area contributed by atoms with Gasteiger partial charge in [0.25, 0.3) is 0 Å². The molecule has 1 aromatic carbocycles. The summed E-state index contributed by atoms with van der Waals surface area (Å²) in [6.45, 7) is 0. The summed E-state index contributed by atoms with van der Waals surface area (Å²) >= 11 is 0. The van der Waals surface area contributed by atoms with Crippen molar-refractivity contribution in [3.8, 4) is 0 Å². The highest BCUT2D eigenvalue weighted by atomic mass is 35.5. The first-order valence-corrected chi connectivity index (χ1v) is 6.82. The summed E-state index contributed by atoms with van der Waals surface area (Å²) in [5.74, 6) is -0.325. The Kier molecular flexibility index (Phi) is 6.91. The number of rotatable bonds is 3. The smallest absolute Gasteiger partial charge is 0.230 e. The number of dihydropyridines is 1. The Hall–Kier alpha value is -2.41. The molecule has 2 aromatic rings. The van der Waals surface area contributed by atoms with E-state index in [4.69, 9.17) is 11.5 Å². The van der Waals surface area contributed by atoms with E-state index in [0.717, 1.165) is 11.1 Å². The van der Waals surface area contributed by atoms with Crippen LogP contribution in [0, 0.1) is 0 Å². The number of aromatic nitrogens is 1. The lowest BCUT2D eigenvalue weighted by Crippen LogP contribution is -2.54. The van der Waals surface area contributed by atoms with Gasteiger partial charge in [-0.15, -0.1) is 35.0 Å². The molecule has 0 fully saturated rings. The maximum Gasteiger partial charge on any atom is 0.230 e. The lowest BCUT2D eigenvalue weighted by atomic mass is 9.97. The minimum Gasteiger partial charge on any atom is -0.385 e. The van der Waals surface area contributed by atoms with Crippen LogP contribution in [0.3, 0.4) is 0 Å². The monoisotopic (exact) mass is 364 g/mol. The number of hydrogen-bond donors (Lipinski definition) is 3. The van der Waals surface area contributed by atoms with Gasteiger partial charge in [0.15, 0.2) is 5.82 Å². The van der Waals surface area contributed by atoms with Crippen molar-refractivity contribution in [2.24, 2.45) is 21.7 Å². The second-order valence-corrected chi connectivity index (χ2v) is 4.85. The molecule has 1 aliphatic rings. The van der Waals surface area contributed by atoms with E-state index in [-0.39, 0.29) is 24.8 Å². The van der Waals surface area contributed by atoms with Crippen molar-refractivity contribution < 1.29 is 0 Å². The van der Waals surface area contributed by atoms with E-state index in [1.807, 2.05) is 48.5 Å². The van der Waals surface area contributed by atoms with Gasteiger partial charge in [-0.2, -0.15) is 0 Å². The molecule has 1 atom stereocenters. The normalized spacial score (nSPS) is 19.4. The quantitative estimate of drug-likeness (QED) is 0.728. The molecule has 1 unspecified atom stereocenters. The van der Waals surface area contributed by atoms with Crippen molar-refractivity contribution in [3.05, 3.63) is 78.3 Å². The number of nitrogens with zero attached hydrogens (tertiary/aromatic N) is 3. The average Bonchev–Trinajstić information content (AvgIpc) is 2.55. The van der Waals surface area contributed by atoms with Gasteiger partial charge in [-0.05, 0) is 29.8 Å². The predicted octanol–water partition coefficient (Wildman–Crippen LogP) is 3.11. The Morgan fingerprint density at radius 3 is 2.33 bits per heavy atom. The molecule has 0 aliphatic carbocycles. The highest BCUT2D eigenvalue weighted by Crippen LogP contribution is 2.29. The standard InChI is InChI=1S/C16H16N6.2ClH/c17-14-10-9-13(12-6-2-1-3-7-12)16(18,20-14)22-21-15-8-4-5-11-19-15;;/h1-11,20H,17-18H2;2*1H. The molecule has 0 radical (unpaired) electrons. The van der Waals surface area contributed by atoms with Crippen LogP contribution in [0.1, 0.15) is 5.56 Å². The molecule has 0 saturated heterocycles. The molecule has 0 bridgehead atoms. The number of azo groups is 1. The second kappa shape index (κ2) is 8.44. The summed E-state index contributed by atoms with van der Waals surface area (Å²) in [5.41, 5.74) is 13.9. The summed E-state index contributed by atoms with van der Waals surface area (Å²) in [7, 11) is 0. The molecule has 24 heavy (non-hydrogen) atoms. The Bertz CT molecular complexity index is 746. The molecular weight excluding hydrogens is 347 g/mol. The molecule has 8 heteroatoms. The van der Waals surface area contributed by atoms with Crippen molar-refractivity contribution in [1.29, 1.82) is 0 Å². The fourth-order valence-electron chi connectivity index (χ4n) is 2.19. The van der Waals surface area contributed by atoms with Gasteiger partial charge in [-0.1, -0.05) is 36.4 Å². The number of benzene rings is 1. The van der Waals surface area contributed by atoms with Crippen LogP contribution in [0.5, 0.6) is 0 Å². The second-order valence-electron chi connectivity index (χ2n) is 4.85. The highest BCUT2D eigenvalue weighted by Gasteiger charge is 2.33. The SMILES string of the molecule is Cl.Cl.NC1=CC=C(c2ccccc2)C(N)(N=Nc2ccccn2)N1. The molecule has 5 N–H and O–H groups in total. The van der Waals surface area contributed by atoms with Crippen molar-refractivity contribution in [3.63, 3.8) is 0 Å². The number of halogens is 2. The number of pyridine rings is 1. The van der Waals surface area contributed by atoms with E-state index in [1.165, 1.54) is 0 Å². The zero-order valence-electron chi connectivity index (χ0n) is 12.7. The highest BCUT2D eigenvalue weighted by molar-refractivity contribution is 5.85. The molecule has 3 rings (SSSR count). The van der Waals surface area contributed by atoms with Gasteiger partial charge in [0.2, 0.25) is 5.79 Å². The van der Waals surface area contributed by atoms with Crippen LogP contribution in [-0.4, -0.2) is 10.8 Å². The minimum atomic E-state index is -1.24. The molecule has 6 nitrogen and oxygen atoms in total. The number of allylic oxidation sites excluding steroid dienone is 2. The summed E-state index contributed by atoms with van der Waals surface area (Å²) in [4.78, 5) is 4.10. The van der Waals surface area contributed by atoms with Crippen molar-refractivity contribution in [1.82, 2.24) is 10.3 Å². The molecule has 0 amide bonds. The fraction of sp³-hybridized carbons (Fsp3) is 0.0625. The number of nitrogens with one attached hydrogen (secondary N) is 1. The molecule has 1 aromatic heterocycles. The van der Waals surface area contributed by atoms with E-state index in [1.54, 1.807) is 18.3 Å². The molecule has 126 valence electrons. The maximum atomic E-state index is 6.39. The topological polar surface area (TPSA) is 102 Å². The van der Waals surface area contributed by atoms with E-state index >= 15 is 0 Å². The van der Waals surface area contributed by atoms with Crippen molar-refractivity contribution in [2.45, 2.75) is 5.79 Å². The first-order chi connectivity index (χ1) is 10.7. The maximum absolute atomic E-state index is 6.39. The third kappa shape index (κ3) is 4.32. The van der Waals surface area contributed by atoms with E-state index in [2.05, 4.69) is 20.5 Å². The lowest BCUT2D eigenvalue weighted by Gasteiger charge is -2.31. The van der Waals surface area contributed by atoms with Crippen LogP contribution in [0.15, 0.2) is 82.9 Å². The number of hydrogen-bond acceptors (Lipinski definition) is 6. The van der Waals surface area contributed by atoms with Crippen LogP contribution < -0.4 is 16.8 Å². The zero-order chi connectivity index (χ0) is 15.4. The Balaban J connectivity index is 0.00000144. The molecule has 0 spiro atoms. The molecule has 1 aliphatic heterocycles. The van der Waals surface area contributed by atoms with Crippen LogP contribution in [0.2, 0.25) is 0 Å². The van der Waals surface area contributed by atoms with Gasteiger partial charge in [-0.3, -0.25) is 5.73 Å². The van der Waals surface area contributed by atoms with Crippen molar-refractivity contribution in [2.75, 3.05) is 0 Å². The first kappa shape index (κ1) is 19.6. The molecule has 0 saturated carbocycles. The van der Waals surface area contributed by atoms with Gasteiger partial charge in [0.1, 0.15) is 0 Å². The minimum absolute atomic E-state index is 0. The van der Waals surface area contributed by atoms with Gasteiger partial charge in [0, 0.05) is 11.8 Å². The fourth-order valence-corrected chi connectivity index (χ4v) is 2.19. The first-order valence-electron chi connectivity index (χ1n) is 6.82. The average molecular weight is 365 g/mol. The third-order valence-corrected chi connectivity index (χ3v) is 3.22. The van der Waals surface area contributed by atoms with Crippen LogP contribution in [0.25, 0.3) is 5.57 Å². The zero-order valence-corrected chi connectivity index (χ0v) is 14.3. The van der Waals surface area contributed by atoms with Gasteiger partial charge < -0.3 is 11.1 Å². The van der Waals surface area contributed by atoms with Gasteiger partial charge in [-0.25, -0.2) is 4.98 Å². The van der Waals surface area contributed by atoms with E-state index < -0.39 is 5.79 Å². The Labute approximate surface area is 152 Å². The summed E-state index contributed by atoms with van der Waals surface area (Å²) in [6, 6.07) is 15.1. The Morgan fingerprint density at radius 2 is 1.67 bits per heavy atom. The largest absolute Gasteiger partial charge is 0.385 e. The van der Waals surface area contributed by atoms with E-state index in [0.29, 0.717) is 11.6 Å². The van der Waals surface area contributed by atoms with Crippen LogP contribution in [0.4, 0.5) is 5.82 Å². The number of nitrogens with two attached hydrogens (primary N) is 2.